The van der Waals surface area contributed by atoms with Gasteiger partial charge in [0.2, 0.25) is 5.91 Å². The molecule has 0 bridgehead atoms. The van der Waals surface area contributed by atoms with Crippen LogP contribution in [0.25, 0.3) is 6.08 Å². The lowest BCUT2D eigenvalue weighted by Gasteiger charge is -2.23. The normalized spacial score (nSPS) is 15.5. The van der Waals surface area contributed by atoms with Gasteiger partial charge in [0, 0.05) is 30.1 Å². The van der Waals surface area contributed by atoms with E-state index in [0.717, 1.165) is 17.0 Å². The van der Waals surface area contributed by atoms with E-state index in [0.29, 0.717) is 35.2 Å². The molecule has 0 radical (unpaired) electrons. The Bertz CT molecular complexity index is 863. The average molecular weight is 431 g/mol. The van der Waals surface area contributed by atoms with Gasteiger partial charge in [-0.15, -0.1) is 11.3 Å². The molecule has 7 heteroatoms. The lowest BCUT2D eigenvalue weighted by molar-refractivity contribution is -0.123. The summed E-state index contributed by atoms with van der Waals surface area (Å²) in [6, 6.07) is 13.6. The van der Waals surface area contributed by atoms with Gasteiger partial charge < -0.3 is 4.90 Å². The topological polar surface area (TPSA) is 40.6 Å². The highest BCUT2D eigenvalue weighted by atomic mass is 32.2. The van der Waals surface area contributed by atoms with Gasteiger partial charge in [-0.2, -0.15) is 0 Å². The van der Waals surface area contributed by atoms with E-state index in [4.69, 9.17) is 12.2 Å². The quantitative estimate of drug-likeness (QED) is 0.428. The summed E-state index contributed by atoms with van der Waals surface area (Å²) in [6.45, 7) is 3.21. The number of rotatable bonds is 8. The number of thiophene rings is 1. The van der Waals surface area contributed by atoms with Gasteiger partial charge in [-0.1, -0.05) is 55.2 Å². The first-order valence-corrected chi connectivity index (χ1v) is 11.3. The van der Waals surface area contributed by atoms with Gasteiger partial charge in [0.05, 0.1) is 4.91 Å². The first-order chi connectivity index (χ1) is 13.6. The first kappa shape index (κ1) is 20.8. The van der Waals surface area contributed by atoms with Crippen molar-refractivity contribution in [3.63, 3.8) is 0 Å². The third-order valence-corrected chi connectivity index (χ3v) is 6.48. The summed E-state index contributed by atoms with van der Waals surface area (Å²) in [5.41, 5.74) is 0.916. The molecule has 1 aromatic heterocycles. The van der Waals surface area contributed by atoms with E-state index in [1.807, 2.05) is 58.8 Å². The fourth-order valence-electron chi connectivity index (χ4n) is 2.95. The molecule has 0 aliphatic carbocycles. The summed E-state index contributed by atoms with van der Waals surface area (Å²) in [4.78, 5) is 30.5. The van der Waals surface area contributed by atoms with Crippen LogP contribution in [-0.2, 0) is 9.59 Å². The molecule has 3 rings (SSSR count). The first-order valence-electron chi connectivity index (χ1n) is 9.24. The number of amides is 2. The molecule has 0 N–H and O–H groups in total. The predicted octanol–water partition coefficient (Wildman–Crippen LogP) is 5.17. The maximum absolute atomic E-state index is 12.7. The van der Waals surface area contributed by atoms with Crippen molar-refractivity contribution in [1.82, 2.24) is 4.90 Å². The van der Waals surface area contributed by atoms with Crippen LogP contribution in [0.15, 0.2) is 52.7 Å². The van der Waals surface area contributed by atoms with Crippen molar-refractivity contribution in [1.29, 1.82) is 0 Å². The van der Waals surface area contributed by atoms with Gasteiger partial charge in [-0.25, -0.2) is 0 Å². The van der Waals surface area contributed by atoms with Crippen molar-refractivity contribution >= 4 is 63.2 Å². The summed E-state index contributed by atoms with van der Waals surface area (Å²) in [6.07, 6.45) is 3.75. The Labute approximate surface area is 179 Å². The maximum Gasteiger partial charge on any atom is 0.266 e. The Morgan fingerprint density at radius 1 is 1.21 bits per heavy atom. The second-order valence-electron chi connectivity index (χ2n) is 6.33. The number of thioether (sulfide) groups is 1. The van der Waals surface area contributed by atoms with Gasteiger partial charge in [0.25, 0.3) is 5.91 Å². The van der Waals surface area contributed by atoms with Crippen molar-refractivity contribution < 1.29 is 9.59 Å². The Morgan fingerprint density at radius 3 is 2.68 bits per heavy atom. The molecule has 1 fully saturated rings. The molecule has 1 aromatic carbocycles. The predicted molar refractivity (Wildman–Crippen MR) is 123 cm³/mol. The zero-order chi connectivity index (χ0) is 19.9. The van der Waals surface area contributed by atoms with E-state index in [9.17, 15) is 9.59 Å². The summed E-state index contributed by atoms with van der Waals surface area (Å²) in [5.74, 6) is 0.0111. The van der Waals surface area contributed by atoms with Crippen molar-refractivity contribution in [3.05, 3.63) is 57.6 Å². The molecule has 0 atom stereocenters. The van der Waals surface area contributed by atoms with Gasteiger partial charge >= 0.3 is 0 Å². The molecule has 0 unspecified atom stereocenters. The van der Waals surface area contributed by atoms with Crippen molar-refractivity contribution in [2.24, 2.45) is 0 Å². The van der Waals surface area contributed by atoms with Crippen LogP contribution in [-0.4, -0.2) is 34.1 Å². The van der Waals surface area contributed by atoms with E-state index >= 15 is 0 Å². The van der Waals surface area contributed by atoms with Crippen LogP contribution in [0.3, 0.4) is 0 Å². The molecule has 0 spiro atoms. The third kappa shape index (κ3) is 5.10. The lowest BCUT2D eigenvalue weighted by atomic mass is 10.2. The minimum absolute atomic E-state index is 0.0654. The number of benzene rings is 1. The second kappa shape index (κ2) is 10.0. The van der Waals surface area contributed by atoms with E-state index in [1.54, 1.807) is 16.2 Å². The standard InChI is InChI=1S/C21H22N2O2S3/c1-2-12-22(16-8-4-3-5-9-16)19(24)11-6-13-23-20(25)18(28-21(23)26)15-17-10-7-14-27-17/h3-5,7-10,14-15H,2,6,11-13H2,1H3/b18-15+. The van der Waals surface area contributed by atoms with Crippen LogP contribution in [0.4, 0.5) is 5.69 Å². The summed E-state index contributed by atoms with van der Waals surface area (Å²) in [5, 5.41) is 1.98. The Morgan fingerprint density at radius 2 is 2.00 bits per heavy atom. The molecule has 1 aliphatic heterocycles. The average Bonchev–Trinajstić information content (AvgIpc) is 3.30. The highest BCUT2D eigenvalue weighted by Crippen LogP contribution is 2.33. The Kier molecular flexibility index (Phi) is 7.42. The van der Waals surface area contributed by atoms with Crippen LogP contribution in [0, 0.1) is 0 Å². The largest absolute Gasteiger partial charge is 0.312 e. The van der Waals surface area contributed by atoms with Gasteiger partial charge in [-0.3, -0.25) is 14.5 Å². The smallest absolute Gasteiger partial charge is 0.266 e. The van der Waals surface area contributed by atoms with E-state index in [2.05, 4.69) is 6.92 Å². The molecule has 1 saturated heterocycles. The summed E-state index contributed by atoms with van der Waals surface area (Å²) < 4.78 is 0.564. The van der Waals surface area contributed by atoms with Crippen molar-refractivity contribution in [2.45, 2.75) is 26.2 Å². The molecule has 28 heavy (non-hydrogen) atoms. The Hall–Kier alpha value is -1.96. The minimum atomic E-state index is -0.0654. The number of carbonyl (C=O) groups is 2. The van der Waals surface area contributed by atoms with Gasteiger partial charge in [-0.05, 0) is 42.5 Å². The van der Waals surface area contributed by atoms with Crippen LogP contribution in [0.1, 0.15) is 31.1 Å². The minimum Gasteiger partial charge on any atom is -0.312 e. The zero-order valence-electron chi connectivity index (χ0n) is 15.7. The molecule has 4 nitrogen and oxygen atoms in total. The zero-order valence-corrected chi connectivity index (χ0v) is 18.1. The molecular weight excluding hydrogens is 408 g/mol. The van der Waals surface area contributed by atoms with Gasteiger partial charge in [0.1, 0.15) is 4.32 Å². The van der Waals surface area contributed by atoms with Crippen LogP contribution < -0.4 is 4.90 Å². The molecule has 2 heterocycles. The van der Waals surface area contributed by atoms with E-state index < -0.39 is 0 Å². The molecule has 2 amide bonds. The fraction of sp³-hybridized carbons (Fsp3) is 0.286. The van der Waals surface area contributed by atoms with Crippen LogP contribution in [0.5, 0.6) is 0 Å². The highest BCUT2D eigenvalue weighted by Gasteiger charge is 2.31. The Balaban J connectivity index is 1.57. The number of hydrogen-bond donors (Lipinski definition) is 0. The highest BCUT2D eigenvalue weighted by molar-refractivity contribution is 8.26. The van der Waals surface area contributed by atoms with Crippen LogP contribution in [0.2, 0.25) is 0 Å². The molecule has 0 saturated carbocycles. The van der Waals surface area contributed by atoms with Gasteiger partial charge in [0.15, 0.2) is 0 Å². The summed E-state index contributed by atoms with van der Waals surface area (Å²) >= 11 is 8.29. The molecule has 146 valence electrons. The van der Waals surface area contributed by atoms with E-state index in [1.165, 1.54) is 11.8 Å². The van der Waals surface area contributed by atoms with Crippen LogP contribution >= 0.6 is 35.3 Å². The van der Waals surface area contributed by atoms with Crippen molar-refractivity contribution in [3.8, 4) is 0 Å². The SMILES string of the molecule is CCCN(C(=O)CCCN1C(=O)/C(=C\c2cccs2)SC1=S)c1ccccc1. The maximum atomic E-state index is 12.7. The number of carbonyl (C=O) groups excluding carboxylic acids is 2. The number of nitrogens with zero attached hydrogens (tertiary/aromatic N) is 2. The third-order valence-electron chi connectivity index (χ3n) is 4.28. The fourth-order valence-corrected chi connectivity index (χ4v) is 4.98. The number of anilines is 1. The number of para-hydroxylation sites is 1. The second-order valence-corrected chi connectivity index (χ2v) is 8.99. The van der Waals surface area contributed by atoms with E-state index in [-0.39, 0.29) is 11.8 Å². The summed E-state index contributed by atoms with van der Waals surface area (Å²) in [7, 11) is 0. The molecule has 1 aliphatic rings. The monoisotopic (exact) mass is 430 g/mol. The molecule has 2 aromatic rings. The lowest BCUT2D eigenvalue weighted by Crippen LogP contribution is -2.33. The number of thiocarbonyl (C=S) groups is 1. The van der Waals surface area contributed by atoms with Crippen molar-refractivity contribution in [2.75, 3.05) is 18.0 Å². The molecular formula is C21H22N2O2S3. The number of hydrogen-bond acceptors (Lipinski definition) is 5.